The molecular weight excluding hydrogens is 316 g/mol. The molecule has 2 aromatic carbocycles. The molecule has 0 bridgehead atoms. The first-order valence-corrected chi connectivity index (χ1v) is 7.54. The molecule has 0 unspecified atom stereocenters. The lowest BCUT2D eigenvalue weighted by Gasteiger charge is -2.09. The molecule has 2 rings (SSSR count). The minimum Gasteiger partial charge on any atom is -0.126 e. The second kappa shape index (κ2) is 5.94. The van der Waals surface area contributed by atoms with Gasteiger partial charge in [0.05, 0.1) is 0 Å². The van der Waals surface area contributed by atoms with E-state index in [0.29, 0.717) is 0 Å². The molecule has 0 heterocycles. The molecule has 88 valence electrons. The third kappa shape index (κ3) is 3.27. The van der Waals surface area contributed by atoms with E-state index in [1.807, 2.05) is 23.9 Å². The standard InChI is InChI=1S/C14H12BrClS/c1-2-17-14-8-5-11(15)9-13(14)10-3-6-12(16)7-4-10/h3-9H,2H2,1H3. The Kier molecular flexibility index (Phi) is 4.55. The van der Waals surface area contributed by atoms with Crippen molar-refractivity contribution in [2.45, 2.75) is 11.8 Å². The smallest absolute Gasteiger partial charge is 0.0406 e. The van der Waals surface area contributed by atoms with E-state index in [1.165, 1.54) is 16.0 Å². The average Bonchev–Trinajstić information content (AvgIpc) is 2.33. The fourth-order valence-corrected chi connectivity index (χ4v) is 2.93. The van der Waals surface area contributed by atoms with E-state index in [0.717, 1.165) is 15.2 Å². The van der Waals surface area contributed by atoms with Gasteiger partial charge in [-0.25, -0.2) is 0 Å². The molecule has 0 aliphatic carbocycles. The normalized spacial score (nSPS) is 10.5. The number of thioether (sulfide) groups is 1. The first-order chi connectivity index (χ1) is 8.20. The highest BCUT2D eigenvalue weighted by Crippen LogP contribution is 2.34. The van der Waals surface area contributed by atoms with Gasteiger partial charge in [0.1, 0.15) is 0 Å². The van der Waals surface area contributed by atoms with Crippen LogP contribution in [-0.2, 0) is 0 Å². The van der Waals surface area contributed by atoms with Crippen LogP contribution in [0.3, 0.4) is 0 Å². The van der Waals surface area contributed by atoms with Gasteiger partial charge in [0, 0.05) is 14.4 Å². The summed E-state index contributed by atoms with van der Waals surface area (Å²) in [6.45, 7) is 2.17. The summed E-state index contributed by atoms with van der Waals surface area (Å²) < 4.78 is 1.10. The molecule has 0 atom stereocenters. The molecule has 0 saturated carbocycles. The number of halogens is 2. The van der Waals surface area contributed by atoms with Crippen LogP contribution < -0.4 is 0 Å². The van der Waals surface area contributed by atoms with Crippen molar-refractivity contribution >= 4 is 39.3 Å². The van der Waals surface area contributed by atoms with Crippen molar-refractivity contribution in [3.63, 3.8) is 0 Å². The zero-order valence-corrected chi connectivity index (χ0v) is 12.6. The van der Waals surface area contributed by atoms with Gasteiger partial charge >= 0.3 is 0 Å². The number of hydrogen-bond donors (Lipinski definition) is 0. The van der Waals surface area contributed by atoms with Crippen molar-refractivity contribution in [1.82, 2.24) is 0 Å². The van der Waals surface area contributed by atoms with Crippen LogP contribution in [0.15, 0.2) is 51.8 Å². The quantitative estimate of drug-likeness (QED) is 0.634. The predicted octanol–water partition coefficient (Wildman–Crippen LogP) is 5.88. The number of benzene rings is 2. The predicted molar refractivity (Wildman–Crippen MR) is 81.0 cm³/mol. The van der Waals surface area contributed by atoms with E-state index in [9.17, 15) is 0 Å². The lowest BCUT2D eigenvalue weighted by molar-refractivity contribution is 1.40. The molecule has 3 heteroatoms. The molecule has 0 N–H and O–H groups in total. The van der Waals surface area contributed by atoms with Gasteiger partial charge in [0.15, 0.2) is 0 Å². The fraction of sp³-hybridized carbons (Fsp3) is 0.143. The summed E-state index contributed by atoms with van der Waals surface area (Å²) in [5.74, 6) is 1.07. The Bertz CT molecular complexity index is 508. The summed E-state index contributed by atoms with van der Waals surface area (Å²) in [7, 11) is 0. The molecule has 0 fully saturated rings. The second-order valence-electron chi connectivity index (χ2n) is 3.58. The Morgan fingerprint density at radius 1 is 1.12 bits per heavy atom. The molecule has 0 spiro atoms. The molecule has 0 aliphatic rings. The SMILES string of the molecule is CCSc1ccc(Br)cc1-c1ccc(Cl)cc1. The monoisotopic (exact) mass is 326 g/mol. The molecule has 0 saturated heterocycles. The van der Waals surface area contributed by atoms with Crippen molar-refractivity contribution in [1.29, 1.82) is 0 Å². The van der Waals surface area contributed by atoms with Gasteiger partial charge in [-0.2, -0.15) is 0 Å². The second-order valence-corrected chi connectivity index (χ2v) is 6.24. The highest BCUT2D eigenvalue weighted by Gasteiger charge is 2.06. The molecule has 2 aromatic rings. The molecule has 0 nitrogen and oxygen atoms in total. The Labute approximate surface area is 120 Å². The third-order valence-corrected chi connectivity index (χ3v) is 4.10. The van der Waals surface area contributed by atoms with Gasteiger partial charge < -0.3 is 0 Å². The van der Waals surface area contributed by atoms with Crippen LogP contribution in [0.25, 0.3) is 11.1 Å². The van der Waals surface area contributed by atoms with E-state index in [2.05, 4.69) is 53.2 Å². The summed E-state index contributed by atoms with van der Waals surface area (Å²) in [5.41, 5.74) is 2.45. The van der Waals surface area contributed by atoms with Gasteiger partial charge in [-0.15, -0.1) is 11.8 Å². The maximum absolute atomic E-state index is 5.92. The minimum atomic E-state index is 0.772. The number of hydrogen-bond acceptors (Lipinski definition) is 1. The van der Waals surface area contributed by atoms with E-state index in [4.69, 9.17) is 11.6 Å². The lowest BCUT2D eigenvalue weighted by Crippen LogP contribution is -1.83. The third-order valence-electron chi connectivity index (χ3n) is 2.40. The van der Waals surface area contributed by atoms with Crippen molar-refractivity contribution in [2.24, 2.45) is 0 Å². The molecule has 0 aromatic heterocycles. The zero-order valence-electron chi connectivity index (χ0n) is 9.41. The van der Waals surface area contributed by atoms with Crippen molar-refractivity contribution in [3.8, 4) is 11.1 Å². The Morgan fingerprint density at radius 3 is 2.47 bits per heavy atom. The first kappa shape index (κ1) is 13.0. The Morgan fingerprint density at radius 2 is 1.82 bits per heavy atom. The maximum Gasteiger partial charge on any atom is 0.0406 e. The van der Waals surface area contributed by atoms with E-state index in [-0.39, 0.29) is 0 Å². The summed E-state index contributed by atoms with van der Waals surface area (Å²) in [6.07, 6.45) is 0. The van der Waals surface area contributed by atoms with Gasteiger partial charge in [0.25, 0.3) is 0 Å². The van der Waals surface area contributed by atoms with Crippen LogP contribution in [0.1, 0.15) is 6.92 Å². The fourth-order valence-electron chi connectivity index (χ4n) is 1.64. The summed E-state index contributed by atoms with van der Waals surface area (Å²) >= 11 is 11.3. The number of rotatable bonds is 3. The van der Waals surface area contributed by atoms with E-state index in [1.54, 1.807) is 0 Å². The Balaban J connectivity index is 2.48. The van der Waals surface area contributed by atoms with Crippen molar-refractivity contribution in [3.05, 3.63) is 52.0 Å². The highest BCUT2D eigenvalue weighted by molar-refractivity contribution is 9.10. The summed E-state index contributed by atoms with van der Waals surface area (Å²) in [5, 5.41) is 0.772. The zero-order chi connectivity index (χ0) is 12.3. The van der Waals surface area contributed by atoms with Crippen LogP contribution in [-0.4, -0.2) is 5.75 Å². The van der Waals surface area contributed by atoms with Crippen LogP contribution in [0.4, 0.5) is 0 Å². The van der Waals surface area contributed by atoms with Crippen LogP contribution >= 0.6 is 39.3 Å². The van der Waals surface area contributed by atoms with E-state index < -0.39 is 0 Å². The molecule has 0 amide bonds. The van der Waals surface area contributed by atoms with Crippen LogP contribution in [0.2, 0.25) is 5.02 Å². The molecule has 0 radical (unpaired) electrons. The Hall–Kier alpha value is -0.440. The summed E-state index contributed by atoms with van der Waals surface area (Å²) in [4.78, 5) is 1.30. The lowest BCUT2D eigenvalue weighted by atomic mass is 10.1. The molecule has 17 heavy (non-hydrogen) atoms. The van der Waals surface area contributed by atoms with Crippen molar-refractivity contribution < 1.29 is 0 Å². The van der Waals surface area contributed by atoms with Crippen molar-refractivity contribution in [2.75, 3.05) is 5.75 Å². The van der Waals surface area contributed by atoms with Crippen LogP contribution in [0, 0.1) is 0 Å². The van der Waals surface area contributed by atoms with Gasteiger partial charge in [-0.1, -0.05) is 46.6 Å². The first-order valence-electron chi connectivity index (χ1n) is 5.39. The average molecular weight is 328 g/mol. The minimum absolute atomic E-state index is 0.772. The van der Waals surface area contributed by atoms with Gasteiger partial charge in [-0.3, -0.25) is 0 Å². The van der Waals surface area contributed by atoms with Gasteiger partial charge in [-0.05, 0) is 47.2 Å². The molecular formula is C14H12BrClS. The summed E-state index contributed by atoms with van der Waals surface area (Å²) in [6, 6.07) is 14.4. The maximum atomic E-state index is 5.92. The highest BCUT2D eigenvalue weighted by atomic mass is 79.9. The topological polar surface area (TPSA) is 0 Å². The van der Waals surface area contributed by atoms with Gasteiger partial charge in [0.2, 0.25) is 0 Å². The molecule has 0 aliphatic heterocycles. The van der Waals surface area contributed by atoms with E-state index >= 15 is 0 Å². The largest absolute Gasteiger partial charge is 0.126 e. The van der Waals surface area contributed by atoms with Crippen LogP contribution in [0.5, 0.6) is 0 Å².